The summed E-state index contributed by atoms with van der Waals surface area (Å²) in [5.41, 5.74) is 0. The van der Waals surface area contributed by atoms with E-state index >= 15 is 0 Å². The molecule has 0 saturated carbocycles. The number of aryl methyl sites for hydroxylation is 1. The second kappa shape index (κ2) is 9.56. The molecule has 9 nitrogen and oxygen atoms in total. The number of nitrogens with zero attached hydrogens (tertiary/aromatic N) is 4. The Morgan fingerprint density at radius 3 is 2.53 bits per heavy atom. The van der Waals surface area contributed by atoms with Crippen molar-refractivity contribution in [1.82, 2.24) is 20.5 Å². The number of hydrogen-bond acceptors (Lipinski definition) is 8. The number of benzene rings is 1. The van der Waals surface area contributed by atoms with Gasteiger partial charge in [0.15, 0.2) is 9.84 Å². The molecule has 0 aliphatic carbocycles. The van der Waals surface area contributed by atoms with Crippen LogP contribution in [0.25, 0.3) is 0 Å². The van der Waals surface area contributed by atoms with Gasteiger partial charge in [0.25, 0.3) is 0 Å². The molecular formula is C18H24ClN5O4S2. The second-order valence-electron chi connectivity index (χ2n) is 6.87. The minimum absolute atomic E-state index is 0.134. The molecule has 12 heteroatoms. The Kier molecular flexibility index (Phi) is 7.30. The number of hydrogen-bond donors (Lipinski definition) is 2. The molecule has 1 fully saturated rings. The summed E-state index contributed by atoms with van der Waals surface area (Å²) in [6, 6.07) is 5.16. The fourth-order valence-electron chi connectivity index (χ4n) is 2.91. The lowest BCUT2D eigenvalue weighted by Gasteiger charge is -2.43. The monoisotopic (exact) mass is 473 g/mol. The summed E-state index contributed by atoms with van der Waals surface area (Å²) in [6.07, 6.45) is 1.23. The molecule has 2 amide bonds. The van der Waals surface area contributed by atoms with Crippen molar-refractivity contribution in [2.24, 2.45) is 0 Å². The molecule has 1 aromatic carbocycles. The van der Waals surface area contributed by atoms with Gasteiger partial charge in [0.1, 0.15) is 5.01 Å². The maximum atomic E-state index is 12.9. The summed E-state index contributed by atoms with van der Waals surface area (Å²) in [5.74, 6) is 0. The van der Waals surface area contributed by atoms with E-state index in [2.05, 4.69) is 15.5 Å². The van der Waals surface area contributed by atoms with E-state index in [-0.39, 0.29) is 24.6 Å². The number of amides is 2. The number of aromatic nitrogens is 2. The Morgan fingerprint density at radius 1 is 1.33 bits per heavy atom. The van der Waals surface area contributed by atoms with E-state index in [1.165, 1.54) is 40.6 Å². The van der Waals surface area contributed by atoms with Crippen LogP contribution in [-0.4, -0.2) is 65.7 Å². The van der Waals surface area contributed by atoms with Gasteiger partial charge in [0.05, 0.1) is 22.8 Å². The summed E-state index contributed by atoms with van der Waals surface area (Å²) in [4.78, 5) is 13.1. The largest absolute Gasteiger partial charge is 0.394 e. The first kappa shape index (κ1) is 22.9. The van der Waals surface area contributed by atoms with Crippen LogP contribution in [0.2, 0.25) is 5.02 Å². The van der Waals surface area contributed by atoms with Crippen LogP contribution in [0.1, 0.15) is 25.3 Å². The molecule has 2 aromatic rings. The average molecular weight is 474 g/mol. The summed E-state index contributed by atoms with van der Waals surface area (Å²) in [7, 11) is -3.56. The normalized spacial score (nSPS) is 16.1. The van der Waals surface area contributed by atoms with Crippen molar-refractivity contribution in [3.63, 3.8) is 0 Å². The van der Waals surface area contributed by atoms with E-state index in [0.29, 0.717) is 23.0 Å². The van der Waals surface area contributed by atoms with Crippen molar-refractivity contribution in [1.29, 1.82) is 0 Å². The predicted molar refractivity (Wildman–Crippen MR) is 115 cm³/mol. The van der Waals surface area contributed by atoms with Crippen LogP contribution in [0.15, 0.2) is 29.2 Å². The van der Waals surface area contributed by atoms with Gasteiger partial charge in [0.2, 0.25) is 5.13 Å². The first-order valence-electron chi connectivity index (χ1n) is 9.58. The third kappa shape index (κ3) is 4.75. The van der Waals surface area contributed by atoms with E-state index in [1.807, 2.05) is 13.8 Å². The Bertz CT molecular complexity index is 973. The highest BCUT2D eigenvalue weighted by molar-refractivity contribution is 7.92. The van der Waals surface area contributed by atoms with Crippen LogP contribution >= 0.6 is 22.9 Å². The molecule has 1 aromatic heterocycles. The van der Waals surface area contributed by atoms with Gasteiger partial charge in [-0.3, -0.25) is 0 Å². The van der Waals surface area contributed by atoms with Crippen molar-refractivity contribution in [3.05, 3.63) is 34.3 Å². The van der Waals surface area contributed by atoms with E-state index in [9.17, 15) is 18.3 Å². The highest BCUT2D eigenvalue weighted by Gasteiger charge is 2.43. The van der Waals surface area contributed by atoms with Crippen molar-refractivity contribution >= 4 is 43.9 Å². The van der Waals surface area contributed by atoms with Gasteiger partial charge in [-0.25, -0.2) is 18.2 Å². The van der Waals surface area contributed by atoms with Gasteiger partial charge in [-0.05, 0) is 37.1 Å². The number of urea groups is 1. The molecule has 0 spiro atoms. The molecule has 1 atom stereocenters. The molecule has 3 rings (SSSR count). The number of rotatable bonds is 8. The van der Waals surface area contributed by atoms with Gasteiger partial charge in [-0.2, -0.15) is 5.01 Å². The number of carbonyl (C=O) groups excluding carboxylic acids is 1. The smallest absolute Gasteiger partial charge is 0.339 e. The Morgan fingerprint density at radius 2 is 2.00 bits per heavy atom. The van der Waals surface area contributed by atoms with Crippen LogP contribution in [0.5, 0.6) is 0 Å². The average Bonchev–Trinajstić information content (AvgIpc) is 3.17. The number of halogens is 1. The van der Waals surface area contributed by atoms with Gasteiger partial charge in [-0.15, -0.1) is 10.2 Å². The minimum Gasteiger partial charge on any atom is -0.394 e. The zero-order valence-electron chi connectivity index (χ0n) is 16.7. The zero-order chi connectivity index (χ0) is 21.9. The van der Waals surface area contributed by atoms with Crippen LogP contribution in [0, 0.1) is 0 Å². The SMILES string of the molecule is CCc1nnc(N(C(=O)NC(CC)CO)N2CC(S(=O)(=O)c3ccc(Cl)cc3)C2)s1. The van der Waals surface area contributed by atoms with Gasteiger partial charge >= 0.3 is 6.03 Å². The highest BCUT2D eigenvalue weighted by atomic mass is 35.5. The Labute approximate surface area is 184 Å². The summed E-state index contributed by atoms with van der Waals surface area (Å²) in [6.45, 7) is 3.86. The van der Waals surface area contributed by atoms with Crippen LogP contribution < -0.4 is 10.3 Å². The molecule has 1 aliphatic heterocycles. The molecule has 30 heavy (non-hydrogen) atoms. The van der Waals surface area contributed by atoms with Crippen LogP contribution in [0.4, 0.5) is 9.93 Å². The van der Waals surface area contributed by atoms with Crippen LogP contribution in [0.3, 0.4) is 0 Å². The molecule has 2 heterocycles. The quantitative estimate of drug-likeness (QED) is 0.603. The first-order valence-corrected chi connectivity index (χ1v) is 12.3. The Hall–Kier alpha value is -1.79. The second-order valence-corrected chi connectivity index (χ2v) is 10.6. The molecule has 0 radical (unpaired) electrons. The number of aliphatic hydroxyl groups excluding tert-OH is 1. The fraction of sp³-hybridized carbons (Fsp3) is 0.500. The van der Waals surface area contributed by atoms with E-state index in [0.717, 1.165) is 5.01 Å². The third-order valence-corrected chi connectivity index (χ3v) is 8.27. The van der Waals surface area contributed by atoms with Crippen LogP contribution in [-0.2, 0) is 16.3 Å². The maximum absolute atomic E-state index is 12.9. The lowest BCUT2D eigenvalue weighted by molar-refractivity contribution is 0.156. The van der Waals surface area contributed by atoms with E-state index in [1.54, 1.807) is 5.01 Å². The van der Waals surface area contributed by atoms with E-state index < -0.39 is 27.2 Å². The van der Waals surface area contributed by atoms with Crippen molar-refractivity contribution < 1.29 is 18.3 Å². The number of carbonyl (C=O) groups is 1. The van der Waals surface area contributed by atoms with Crippen molar-refractivity contribution in [2.75, 3.05) is 24.7 Å². The minimum atomic E-state index is -3.56. The third-order valence-electron chi connectivity index (χ3n) is 4.87. The molecule has 2 N–H and O–H groups in total. The van der Waals surface area contributed by atoms with Crippen molar-refractivity contribution in [2.45, 2.75) is 42.9 Å². The molecule has 164 valence electrons. The molecule has 1 unspecified atom stereocenters. The zero-order valence-corrected chi connectivity index (χ0v) is 19.0. The molecule has 1 saturated heterocycles. The predicted octanol–water partition coefficient (Wildman–Crippen LogP) is 2.11. The standard InChI is InChI=1S/C18H24ClN5O4S2/c1-3-13(11-25)20-17(26)24(18-22-21-16(4-2)29-18)23-9-15(10-23)30(27,28)14-7-5-12(19)6-8-14/h5-8,13,15,25H,3-4,9-11H2,1-2H3,(H,20,26). The molecular weight excluding hydrogens is 450 g/mol. The lowest BCUT2D eigenvalue weighted by Crippen LogP contribution is -2.65. The highest BCUT2D eigenvalue weighted by Crippen LogP contribution is 2.30. The number of sulfone groups is 1. The summed E-state index contributed by atoms with van der Waals surface area (Å²) in [5, 5.41) is 24.2. The van der Waals surface area contributed by atoms with Gasteiger partial charge in [-0.1, -0.05) is 36.8 Å². The summed E-state index contributed by atoms with van der Waals surface area (Å²) >= 11 is 7.12. The number of anilines is 1. The first-order chi connectivity index (χ1) is 14.3. The fourth-order valence-corrected chi connectivity index (χ4v) is 5.48. The topological polar surface area (TPSA) is 116 Å². The Balaban J connectivity index is 1.78. The lowest BCUT2D eigenvalue weighted by atomic mass is 10.2. The number of nitrogens with one attached hydrogen (secondary N) is 1. The molecule has 0 bridgehead atoms. The van der Waals surface area contributed by atoms with Crippen molar-refractivity contribution in [3.8, 4) is 0 Å². The molecule has 1 aliphatic rings. The maximum Gasteiger partial charge on any atom is 0.339 e. The van der Waals surface area contributed by atoms with Gasteiger partial charge in [0, 0.05) is 18.1 Å². The summed E-state index contributed by atoms with van der Waals surface area (Å²) < 4.78 is 25.7. The van der Waals surface area contributed by atoms with Gasteiger partial charge < -0.3 is 10.4 Å². The number of hydrazine groups is 1. The van der Waals surface area contributed by atoms with E-state index in [4.69, 9.17) is 11.6 Å². The number of aliphatic hydroxyl groups is 1.